The van der Waals surface area contributed by atoms with Crippen molar-refractivity contribution in [1.82, 2.24) is 0 Å². The van der Waals surface area contributed by atoms with Gasteiger partial charge in [-0.15, -0.1) is 0 Å². The molecule has 0 heterocycles. The topological polar surface area (TPSA) is 55.1 Å². The molecule has 1 aliphatic rings. The van der Waals surface area contributed by atoms with Gasteiger partial charge in [0.15, 0.2) is 0 Å². The first-order valence-corrected chi connectivity index (χ1v) is 5.57. The molecule has 4 heteroatoms. The van der Waals surface area contributed by atoms with Gasteiger partial charge in [-0.1, -0.05) is 12.2 Å². The summed E-state index contributed by atoms with van der Waals surface area (Å²) < 4.78 is 12.9. The number of halogens is 1. The monoisotopic (exact) mass is 234 g/mol. The number of hydrogen-bond donors (Lipinski definition) is 2. The molecule has 2 unspecified atom stereocenters. The first-order chi connectivity index (χ1) is 8.06. The van der Waals surface area contributed by atoms with Crippen molar-refractivity contribution in [3.63, 3.8) is 0 Å². The van der Waals surface area contributed by atoms with E-state index in [4.69, 9.17) is 5.73 Å². The van der Waals surface area contributed by atoms with Crippen LogP contribution in [0.25, 0.3) is 0 Å². The third-order valence-corrected chi connectivity index (χ3v) is 2.90. The second-order valence-electron chi connectivity index (χ2n) is 4.34. The van der Waals surface area contributed by atoms with Gasteiger partial charge in [0.05, 0.1) is 5.92 Å². The lowest BCUT2D eigenvalue weighted by molar-refractivity contribution is -0.118. The molecular formula is C13H15FN2O. The highest BCUT2D eigenvalue weighted by Crippen LogP contribution is 2.21. The molecule has 0 fully saturated rings. The van der Waals surface area contributed by atoms with Crippen molar-refractivity contribution in [1.29, 1.82) is 0 Å². The van der Waals surface area contributed by atoms with Crippen molar-refractivity contribution < 1.29 is 9.18 Å². The Hall–Kier alpha value is -1.68. The minimum absolute atomic E-state index is 0.0416. The number of anilines is 1. The minimum atomic E-state index is -0.303. The highest BCUT2D eigenvalue weighted by Gasteiger charge is 2.22. The van der Waals surface area contributed by atoms with E-state index in [1.807, 2.05) is 12.2 Å². The van der Waals surface area contributed by atoms with Crippen molar-refractivity contribution >= 4 is 11.6 Å². The quantitative estimate of drug-likeness (QED) is 0.769. The van der Waals surface area contributed by atoms with Gasteiger partial charge in [0, 0.05) is 11.7 Å². The summed E-state index contributed by atoms with van der Waals surface area (Å²) in [6.45, 7) is 1.76. The number of carbonyl (C=O) groups is 1. The molecule has 0 spiro atoms. The van der Waals surface area contributed by atoms with Crippen LogP contribution in [0.3, 0.4) is 0 Å². The average Bonchev–Trinajstić information content (AvgIpc) is 2.69. The fraction of sp³-hybridized carbons (Fsp3) is 0.308. The summed E-state index contributed by atoms with van der Waals surface area (Å²) in [7, 11) is 0. The normalized spacial score (nSPS) is 22.8. The predicted octanol–water partition coefficient (Wildman–Crippen LogP) is 1.98. The lowest BCUT2D eigenvalue weighted by Crippen LogP contribution is -2.24. The molecule has 0 saturated carbocycles. The highest BCUT2D eigenvalue weighted by atomic mass is 19.1. The number of hydrogen-bond acceptors (Lipinski definition) is 2. The van der Waals surface area contributed by atoms with Crippen LogP contribution in [0.15, 0.2) is 30.4 Å². The Kier molecular flexibility index (Phi) is 3.24. The maximum absolute atomic E-state index is 12.9. The van der Waals surface area contributed by atoms with E-state index in [0.29, 0.717) is 17.7 Å². The number of carbonyl (C=O) groups excluding carboxylic acids is 1. The average molecular weight is 234 g/mol. The number of nitrogens with one attached hydrogen (secondary N) is 1. The van der Waals surface area contributed by atoms with Crippen LogP contribution >= 0.6 is 0 Å². The zero-order chi connectivity index (χ0) is 12.4. The van der Waals surface area contributed by atoms with E-state index in [1.165, 1.54) is 12.1 Å². The van der Waals surface area contributed by atoms with Crippen LogP contribution in [-0.4, -0.2) is 11.9 Å². The number of rotatable bonds is 2. The van der Waals surface area contributed by atoms with Crippen LogP contribution in [0.1, 0.15) is 12.0 Å². The van der Waals surface area contributed by atoms with E-state index in [9.17, 15) is 9.18 Å². The van der Waals surface area contributed by atoms with E-state index in [-0.39, 0.29) is 23.7 Å². The van der Waals surface area contributed by atoms with Gasteiger partial charge in [-0.05, 0) is 37.1 Å². The summed E-state index contributed by atoms with van der Waals surface area (Å²) in [6, 6.07) is 4.26. The summed E-state index contributed by atoms with van der Waals surface area (Å²) in [5.41, 5.74) is 7.05. The van der Waals surface area contributed by atoms with Crippen LogP contribution in [-0.2, 0) is 4.79 Å². The van der Waals surface area contributed by atoms with Gasteiger partial charge < -0.3 is 11.1 Å². The molecule has 90 valence electrons. The van der Waals surface area contributed by atoms with E-state index in [1.54, 1.807) is 13.0 Å². The third kappa shape index (κ3) is 2.71. The van der Waals surface area contributed by atoms with E-state index in [0.717, 1.165) is 0 Å². The second kappa shape index (κ2) is 4.67. The van der Waals surface area contributed by atoms with Gasteiger partial charge in [0.25, 0.3) is 0 Å². The first kappa shape index (κ1) is 11.8. The SMILES string of the molecule is Cc1cc(F)ccc1NC(=O)C1C=CC(N)C1. The molecule has 3 N–H and O–H groups in total. The van der Waals surface area contributed by atoms with Gasteiger partial charge >= 0.3 is 0 Å². The van der Waals surface area contributed by atoms with E-state index < -0.39 is 0 Å². The maximum atomic E-state index is 12.9. The van der Waals surface area contributed by atoms with Crippen LogP contribution < -0.4 is 11.1 Å². The van der Waals surface area contributed by atoms with Crippen LogP contribution in [0.2, 0.25) is 0 Å². The van der Waals surface area contributed by atoms with Crippen LogP contribution in [0, 0.1) is 18.7 Å². The van der Waals surface area contributed by atoms with E-state index >= 15 is 0 Å². The van der Waals surface area contributed by atoms with Gasteiger partial charge in [-0.2, -0.15) is 0 Å². The van der Waals surface area contributed by atoms with Crippen molar-refractivity contribution in [3.05, 3.63) is 41.7 Å². The summed E-state index contributed by atoms with van der Waals surface area (Å²) >= 11 is 0. The molecule has 2 atom stereocenters. The first-order valence-electron chi connectivity index (χ1n) is 5.57. The molecule has 1 aliphatic carbocycles. The van der Waals surface area contributed by atoms with Crippen molar-refractivity contribution in [2.24, 2.45) is 11.7 Å². The molecule has 17 heavy (non-hydrogen) atoms. The molecule has 0 bridgehead atoms. The minimum Gasteiger partial charge on any atom is -0.325 e. The second-order valence-corrected chi connectivity index (χ2v) is 4.34. The Morgan fingerprint density at radius 2 is 2.24 bits per heavy atom. The molecule has 2 rings (SSSR count). The fourth-order valence-electron chi connectivity index (χ4n) is 1.91. The lowest BCUT2D eigenvalue weighted by Gasteiger charge is -2.12. The summed E-state index contributed by atoms with van der Waals surface area (Å²) in [6.07, 6.45) is 4.28. The van der Waals surface area contributed by atoms with Gasteiger partial charge in [-0.25, -0.2) is 4.39 Å². The lowest BCUT2D eigenvalue weighted by atomic mass is 10.1. The molecule has 1 aromatic rings. The molecule has 3 nitrogen and oxygen atoms in total. The molecule has 0 aromatic heterocycles. The van der Waals surface area contributed by atoms with Gasteiger partial charge in [0.2, 0.25) is 5.91 Å². The smallest absolute Gasteiger partial charge is 0.231 e. The molecule has 0 radical (unpaired) electrons. The number of nitrogens with two attached hydrogens (primary N) is 1. The summed E-state index contributed by atoms with van der Waals surface area (Å²) in [5.74, 6) is -0.582. The van der Waals surface area contributed by atoms with Gasteiger partial charge in [0.1, 0.15) is 5.82 Å². The molecule has 1 aromatic carbocycles. The Bertz CT molecular complexity index is 470. The van der Waals surface area contributed by atoms with Crippen LogP contribution in [0.5, 0.6) is 0 Å². The van der Waals surface area contributed by atoms with Crippen molar-refractivity contribution in [2.75, 3.05) is 5.32 Å². The third-order valence-electron chi connectivity index (χ3n) is 2.90. The number of benzene rings is 1. The van der Waals surface area contributed by atoms with Crippen molar-refractivity contribution in [3.8, 4) is 0 Å². The van der Waals surface area contributed by atoms with Crippen LogP contribution in [0.4, 0.5) is 10.1 Å². The fourth-order valence-corrected chi connectivity index (χ4v) is 1.91. The number of aryl methyl sites for hydroxylation is 1. The largest absolute Gasteiger partial charge is 0.325 e. The highest BCUT2D eigenvalue weighted by molar-refractivity contribution is 5.94. The van der Waals surface area contributed by atoms with Gasteiger partial charge in [-0.3, -0.25) is 4.79 Å². The zero-order valence-corrected chi connectivity index (χ0v) is 9.61. The molecule has 1 amide bonds. The molecular weight excluding hydrogens is 219 g/mol. The molecule has 0 aliphatic heterocycles. The number of amides is 1. The predicted molar refractivity (Wildman–Crippen MR) is 65.0 cm³/mol. The van der Waals surface area contributed by atoms with E-state index in [2.05, 4.69) is 5.32 Å². The molecule has 0 saturated heterocycles. The maximum Gasteiger partial charge on any atom is 0.231 e. The standard InChI is InChI=1S/C13H15FN2O/c1-8-6-10(14)3-5-12(8)16-13(17)9-2-4-11(15)7-9/h2-6,9,11H,7,15H2,1H3,(H,16,17). The Morgan fingerprint density at radius 3 is 2.82 bits per heavy atom. The Balaban J connectivity index is 2.06. The summed E-state index contributed by atoms with van der Waals surface area (Å²) in [5, 5.41) is 2.79. The zero-order valence-electron chi connectivity index (χ0n) is 9.61. The Labute approximate surface area is 99.5 Å². The van der Waals surface area contributed by atoms with Crippen molar-refractivity contribution in [2.45, 2.75) is 19.4 Å². The Morgan fingerprint density at radius 1 is 1.47 bits per heavy atom. The summed E-state index contributed by atoms with van der Waals surface area (Å²) in [4.78, 5) is 11.9.